The van der Waals surface area contributed by atoms with Crippen LogP contribution in [0.25, 0.3) is 11.0 Å². The molecule has 0 bridgehead atoms. The highest BCUT2D eigenvalue weighted by Gasteiger charge is 2.32. The molecule has 2 aromatic carbocycles. The number of H-pyrrole nitrogens is 2. The Balaban J connectivity index is 1.11. The van der Waals surface area contributed by atoms with Crippen LogP contribution in [0.3, 0.4) is 0 Å². The zero-order valence-corrected chi connectivity index (χ0v) is 17.3. The first kappa shape index (κ1) is 20.1. The van der Waals surface area contributed by atoms with Gasteiger partial charge in [0.1, 0.15) is 6.61 Å². The SMILES string of the molecule is O=C(CN1CCN(C(=O)C2COc3ccccc3O2)CC1)Nc1ccc2[nH]c(=O)[nH]c2c1. The van der Waals surface area contributed by atoms with Gasteiger partial charge in [0, 0.05) is 31.9 Å². The van der Waals surface area contributed by atoms with Gasteiger partial charge in [-0.25, -0.2) is 4.79 Å². The van der Waals surface area contributed by atoms with Crippen molar-refractivity contribution in [3.8, 4) is 11.5 Å². The second-order valence-electron chi connectivity index (χ2n) is 7.85. The number of carbonyl (C=O) groups excluding carboxylic acids is 2. The van der Waals surface area contributed by atoms with Crippen molar-refractivity contribution < 1.29 is 19.1 Å². The van der Waals surface area contributed by atoms with Crippen LogP contribution >= 0.6 is 0 Å². The lowest BCUT2D eigenvalue weighted by Gasteiger charge is -2.36. The van der Waals surface area contributed by atoms with Gasteiger partial charge in [-0.05, 0) is 30.3 Å². The molecule has 3 heterocycles. The maximum atomic E-state index is 12.8. The molecule has 0 saturated carbocycles. The topological polar surface area (TPSA) is 120 Å². The smallest absolute Gasteiger partial charge is 0.323 e. The third kappa shape index (κ3) is 4.17. The Morgan fingerprint density at radius 3 is 2.56 bits per heavy atom. The van der Waals surface area contributed by atoms with Crippen LogP contribution in [-0.4, -0.2) is 77.0 Å². The van der Waals surface area contributed by atoms with Gasteiger partial charge in [0.15, 0.2) is 11.5 Å². The van der Waals surface area contributed by atoms with Crippen LogP contribution in [0.4, 0.5) is 5.69 Å². The van der Waals surface area contributed by atoms with Crippen molar-refractivity contribution >= 4 is 28.5 Å². The molecule has 166 valence electrons. The second-order valence-corrected chi connectivity index (χ2v) is 7.85. The summed E-state index contributed by atoms with van der Waals surface area (Å²) in [6, 6.07) is 12.5. The van der Waals surface area contributed by atoms with Crippen molar-refractivity contribution in [1.82, 2.24) is 19.8 Å². The number of piperazine rings is 1. The molecule has 1 aromatic heterocycles. The Bertz CT molecular complexity index is 1210. The number of rotatable bonds is 4. The zero-order chi connectivity index (χ0) is 22.1. The number of aromatic amines is 2. The highest BCUT2D eigenvalue weighted by atomic mass is 16.6. The van der Waals surface area contributed by atoms with Gasteiger partial charge in [-0.3, -0.25) is 14.5 Å². The lowest BCUT2D eigenvalue weighted by atomic mass is 10.2. The normalized spacial score (nSPS) is 18.5. The Morgan fingerprint density at radius 1 is 1.00 bits per heavy atom. The van der Waals surface area contributed by atoms with Gasteiger partial charge < -0.3 is 29.7 Å². The summed E-state index contributed by atoms with van der Waals surface area (Å²) in [5.74, 6) is 0.976. The van der Waals surface area contributed by atoms with Gasteiger partial charge in [0.05, 0.1) is 17.6 Å². The molecule has 3 aromatic rings. The fraction of sp³-hybridized carbons (Fsp3) is 0.318. The third-order valence-electron chi connectivity index (χ3n) is 5.63. The predicted octanol–water partition coefficient (Wildman–Crippen LogP) is 0.779. The van der Waals surface area contributed by atoms with Gasteiger partial charge in [-0.2, -0.15) is 0 Å². The van der Waals surface area contributed by atoms with E-state index in [1.165, 1.54) is 0 Å². The minimum atomic E-state index is -0.658. The van der Waals surface area contributed by atoms with Gasteiger partial charge in [-0.15, -0.1) is 0 Å². The fourth-order valence-electron chi connectivity index (χ4n) is 3.99. The minimum absolute atomic E-state index is 0.0996. The van der Waals surface area contributed by atoms with E-state index < -0.39 is 6.10 Å². The minimum Gasteiger partial charge on any atom is -0.485 e. The fourth-order valence-corrected chi connectivity index (χ4v) is 3.99. The number of imidazole rings is 1. The molecular weight excluding hydrogens is 414 g/mol. The number of nitrogens with one attached hydrogen (secondary N) is 3. The summed E-state index contributed by atoms with van der Waals surface area (Å²) in [5, 5.41) is 2.85. The van der Waals surface area contributed by atoms with Crippen LogP contribution in [0.15, 0.2) is 47.3 Å². The lowest BCUT2D eigenvalue weighted by molar-refractivity contribution is -0.143. The molecule has 1 saturated heterocycles. The van der Waals surface area contributed by atoms with Crippen LogP contribution in [0.2, 0.25) is 0 Å². The zero-order valence-electron chi connectivity index (χ0n) is 17.3. The number of carbonyl (C=O) groups is 2. The molecule has 2 amide bonds. The van der Waals surface area contributed by atoms with Crippen molar-refractivity contribution in [3.63, 3.8) is 0 Å². The molecule has 0 aliphatic carbocycles. The number of nitrogens with zero attached hydrogens (tertiary/aromatic N) is 2. The van der Waals surface area contributed by atoms with E-state index in [9.17, 15) is 14.4 Å². The Hall–Kier alpha value is -3.79. The van der Waals surface area contributed by atoms with Crippen molar-refractivity contribution in [1.29, 1.82) is 0 Å². The molecule has 10 nitrogen and oxygen atoms in total. The lowest BCUT2D eigenvalue weighted by Crippen LogP contribution is -2.54. The Morgan fingerprint density at radius 2 is 1.75 bits per heavy atom. The molecule has 1 unspecified atom stereocenters. The standard InChI is InChI=1S/C22H23N5O5/c28-20(23-14-5-6-15-16(11-14)25-22(30)24-15)12-26-7-9-27(10-8-26)21(29)19-13-31-17-3-1-2-4-18(17)32-19/h1-6,11,19H,7-10,12-13H2,(H,23,28)(H2,24,25,30). The van der Waals surface area contributed by atoms with E-state index in [0.29, 0.717) is 54.4 Å². The van der Waals surface area contributed by atoms with E-state index in [2.05, 4.69) is 15.3 Å². The average molecular weight is 437 g/mol. The average Bonchev–Trinajstić information content (AvgIpc) is 3.18. The number of para-hydroxylation sites is 2. The maximum absolute atomic E-state index is 12.8. The van der Waals surface area contributed by atoms with Crippen LogP contribution < -0.4 is 20.5 Å². The number of anilines is 1. The number of fused-ring (bicyclic) bond motifs is 2. The van der Waals surface area contributed by atoms with Gasteiger partial charge >= 0.3 is 5.69 Å². The second kappa shape index (κ2) is 8.39. The van der Waals surface area contributed by atoms with Crippen molar-refractivity contribution in [2.24, 2.45) is 0 Å². The van der Waals surface area contributed by atoms with E-state index in [0.717, 1.165) is 0 Å². The highest BCUT2D eigenvalue weighted by Crippen LogP contribution is 2.31. The summed E-state index contributed by atoms with van der Waals surface area (Å²) >= 11 is 0. The molecular formula is C22H23N5O5. The number of benzene rings is 2. The monoisotopic (exact) mass is 437 g/mol. The van der Waals surface area contributed by atoms with Gasteiger partial charge in [-0.1, -0.05) is 12.1 Å². The Kier molecular flexibility index (Phi) is 5.28. The molecule has 3 N–H and O–H groups in total. The van der Waals surface area contributed by atoms with E-state index in [4.69, 9.17) is 9.47 Å². The molecule has 32 heavy (non-hydrogen) atoms. The van der Waals surface area contributed by atoms with E-state index >= 15 is 0 Å². The number of aromatic nitrogens is 2. The molecule has 2 aliphatic rings. The van der Waals surface area contributed by atoms with Crippen molar-refractivity contribution in [3.05, 3.63) is 52.9 Å². The number of amides is 2. The van der Waals surface area contributed by atoms with Crippen LogP contribution in [0.1, 0.15) is 0 Å². The van der Waals surface area contributed by atoms with E-state index in [-0.39, 0.29) is 30.7 Å². The largest absolute Gasteiger partial charge is 0.485 e. The van der Waals surface area contributed by atoms with Crippen molar-refractivity contribution in [2.45, 2.75) is 6.10 Å². The Labute approximate surface area is 183 Å². The predicted molar refractivity (Wildman–Crippen MR) is 117 cm³/mol. The first-order chi connectivity index (χ1) is 15.5. The molecule has 2 aliphatic heterocycles. The first-order valence-corrected chi connectivity index (χ1v) is 10.5. The van der Waals surface area contributed by atoms with E-state index in [1.807, 2.05) is 23.1 Å². The highest BCUT2D eigenvalue weighted by molar-refractivity contribution is 5.94. The molecule has 0 spiro atoms. The number of hydrogen-bond donors (Lipinski definition) is 3. The van der Waals surface area contributed by atoms with Gasteiger partial charge in [0.25, 0.3) is 5.91 Å². The van der Waals surface area contributed by atoms with E-state index in [1.54, 1.807) is 29.2 Å². The summed E-state index contributed by atoms with van der Waals surface area (Å²) in [6.45, 7) is 2.63. The summed E-state index contributed by atoms with van der Waals surface area (Å²) in [4.78, 5) is 45.8. The van der Waals surface area contributed by atoms with Crippen LogP contribution in [-0.2, 0) is 9.59 Å². The third-order valence-corrected chi connectivity index (χ3v) is 5.63. The first-order valence-electron chi connectivity index (χ1n) is 10.5. The number of hydrogen-bond acceptors (Lipinski definition) is 6. The number of ether oxygens (including phenoxy) is 2. The molecule has 0 radical (unpaired) electrons. The quantitative estimate of drug-likeness (QED) is 0.555. The maximum Gasteiger partial charge on any atom is 0.323 e. The summed E-state index contributed by atoms with van der Waals surface area (Å²) in [6.07, 6.45) is -0.658. The summed E-state index contributed by atoms with van der Waals surface area (Å²) in [5.41, 5.74) is 1.65. The summed E-state index contributed by atoms with van der Waals surface area (Å²) in [7, 11) is 0. The summed E-state index contributed by atoms with van der Waals surface area (Å²) < 4.78 is 11.5. The molecule has 1 atom stereocenters. The van der Waals surface area contributed by atoms with Crippen LogP contribution in [0.5, 0.6) is 11.5 Å². The molecule has 5 rings (SSSR count). The van der Waals surface area contributed by atoms with Gasteiger partial charge in [0.2, 0.25) is 12.0 Å². The molecule has 1 fully saturated rings. The van der Waals surface area contributed by atoms with Crippen molar-refractivity contribution in [2.75, 3.05) is 44.6 Å². The molecule has 10 heteroatoms. The van der Waals surface area contributed by atoms with Crippen LogP contribution in [0, 0.1) is 0 Å².